The zero-order valence-electron chi connectivity index (χ0n) is 17.7. The largest absolute Gasteiger partial charge is 0.497 e. The summed E-state index contributed by atoms with van der Waals surface area (Å²) >= 11 is 0. The van der Waals surface area contributed by atoms with Gasteiger partial charge in [0.15, 0.2) is 5.96 Å². The number of methoxy groups -OCH3 is 1. The van der Waals surface area contributed by atoms with Crippen LogP contribution in [-0.4, -0.2) is 45.2 Å². The van der Waals surface area contributed by atoms with Crippen LogP contribution in [0.2, 0.25) is 0 Å². The fourth-order valence-electron chi connectivity index (χ4n) is 2.62. The Hall–Kier alpha value is -2.70. The van der Waals surface area contributed by atoms with Gasteiger partial charge in [-0.1, -0.05) is 12.1 Å². The molecule has 2 aromatic rings. The van der Waals surface area contributed by atoms with E-state index in [4.69, 9.17) is 4.74 Å². The van der Waals surface area contributed by atoms with Crippen molar-refractivity contribution in [1.82, 2.24) is 16.0 Å². The van der Waals surface area contributed by atoms with Gasteiger partial charge in [-0.05, 0) is 37.3 Å². The molecular formula is C21H26F3IN4O3. The van der Waals surface area contributed by atoms with Crippen LogP contribution < -0.4 is 25.4 Å². The molecule has 32 heavy (non-hydrogen) atoms. The molecule has 0 aliphatic rings. The lowest BCUT2D eigenvalue weighted by atomic mass is 10.2. The van der Waals surface area contributed by atoms with Crippen molar-refractivity contribution in [2.45, 2.75) is 20.1 Å². The van der Waals surface area contributed by atoms with Gasteiger partial charge in [0.1, 0.15) is 17.3 Å². The summed E-state index contributed by atoms with van der Waals surface area (Å²) in [5.41, 5.74) is 0.386. The molecule has 0 saturated carbocycles. The van der Waals surface area contributed by atoms with Crippen molar-refractivity contribution >= 4 is 35.8 Å². The number of halogens is 4. The van der Waals surface area contributed by atoms with Gasteiger partial charge in [-0.25, -0.2) is 9.38 Å². The number of amides is 1. The maximum atomic E-state index is 13.6. The fourth-order valence-corrected chi connectivity index (χ4v) is 2.62. The molecule has 176 valence electrons. The molecule has 0 spiro atoms. The number of nitrogens with one attached hydrogen (secondary N) is 3. The van der Waals surface area contributed by atoms with Crippen molar-refractivity contribution in [2.75, 3.05) is 26.7 Å². The monoisotopic (exact) mass is 566 g/mol. The highest BCUT2D eigenvalue weighted by Crippen LogP contribution is 2.26. The molecule has 0 fully saturated rings. The number of hydrogen-bond acceptors (Lipinski definition) is 4. The normalized spacial score (nSPS) is 10.9. The Morgan fingerprint density at radius 1 is 1.09 bits per heavy atom. The second-order valence-corrected chi connectivity index (χ2v) is 6.21. The van der Waals surface area contributed by atoms with E-state index in [1.807, 2.05) is 6.92 Å². The summed E-state index contributed by atoms with van der Waals surface area (Å²) < 4.78 is 48.6. The Labute approximate surface area is 201 Å². The molecule has 0 aliphatic heterocycles. The lowest BCUT2D eigenvalue weighted by molar-refractivity contribution is -0.0504. The highest BCUT2D eigenvalue weighted by Gasteiger charge is 2.12. The summed E-state index contributed by atoms with van der Waals surface area (Å²) in [4.78, 5) is 16.4. The van der Waals surface area contributed by atoms with Gasteiger partial charge in [-0.2, -0.15) is 8.78 Å². The first-order valence-corrected chi connectivity index (χ1v) is 9.61. The molecule has 0 bridgehead atoms. The Morgan fingerprint density at radius 3 is 2.47 bits per heavy atom. The molecule has 0 saturated heterocycles. The maximum Gasteiger partial charge on any atom is 0.387 e. The first-order chi connectivity index (χ1) is 14.9. The molecule has 7 nitrogen and oxygen atoms in total. The van der Waals surface area contributed by atoms with Crippen LogP contribution in [0, 0.1) is 5.82 Å². The standard InChI is InChI=1S/C21H25F3N4O3.HI/c1-3-25-21(27-11-10-26-19(29)16-6-4-5-7-17(16)22)28-13-14-12-15(30-2)8-9-18(14)31-20(23)24;/h4-9,12,20H,3,10-11,13H2,1-2H3,(H,26,29)(H2,25,27,28);1H. The second-order valence-electron chi connectivity index (χ2n) is 6.21. The number of hydrogen-bond donors (Lipinski definition) is 3. The van der Waals surface area contributed by atoms with Gasteiger partial charge < -0.3 is 25.4 Å². The molecular weight excluding hydrogens is 540 g/mol. The molecule has 2 aromatic carbocycles. The number of carbonyl (C=O) groups excluding carboxylic acids is 1. The number of alkyl halides is 2. The molecule has 2 rings (SSSR count). The smallest absolute Gasteiger partial charge is 0.387 e. The molecule has 11 heteroatoms. The maximum absolute atomic E-state index is 13.6. The van der Waals surface area contributed by atoms with Gasteiger partial charge in [0.25, 0.3) is 5.91 Å². The second kappa shape index (κ2) is 14.4. The van der Waals surface area contributed by atoms with Crippen LogP contribution in [0.15, 0.2) is 47.5 Å². The van der Waals surface area contributed by atoms with Crippen LogP contribution in [0.1, 0.15) is 22.8 Å². The van der Waals surface area contributed by atoms with Crippen LogP contribution in [0.3, 0.4) is 0 Å². The predicted octanol–water partition coefficient (Wildman–Crippen LogP) is 3.54. The van der Waals surface area contributed by atoms with Gasteiger partial charge >= 0.3 is 6.61 Å². The van der Waals surface area contributed by atoms with Crippen LogP contribution in [-0.2, 0) is 6.54 Å². The number of guanidine groups is 1. The average Bonchev–Trinajstić information content (AvgIpc) is 2.75. The van der Waals surface area contributed by atoms with E-state index in [1.54, 1.807) is 12.1 Å². The third-order valence-corrected chi connectivity index (χ3v) is 4.06. The van der Waals surface area contributed by atoms with Crippen molar-refractivity contribution in [3.8, 4) is 11.5 Å². The van der Waals surface area contributed by atoms with Crippen LogP contribution in [0.4, 0.5) is 13.2 Å². The van der Waals surface area contributed by atoms with Crippen molar-refractivity contribution in [3.05, 3.63) is 59.4 Å². The van der Waals surface area contributed by atoms with Crippen LogP contribution in [0.5, 0.6) is 11.5 Å². The number of benzene rings is 2. The summed E-state index contributed by atoms with van der Waals surface area (Å²) in [6, 6.07) is 10.2. The number of ether oxygens (including phenoxy) is 2. The topological polar surface area (TPSA) is 84.0 Å². The number of aliphatic imine (C=N–C) groups is 1. The van der Waals surface area contributed by atoms with Gasteiger partial charge in [0.05, 0.1) is 19.2 Å². The van der Waals surface area contributed by atoms with E-state index in [0.29, 0.717) is 30.4 Å². The summed E-state index contributed by atoms with van der Waals surface area (Å²) in [5, 5.41) is 8.64. The Bertz CT molecular complexity index is 900. The molecule has 0 atom stereocenters. The first-order valence-electron chi connectivity index (χ1n) is 9.61. The van der Waals surface area contributed by atoms with Gasteiger partial charge in [-0.15, -0.1) is 24.0 Å². The molecule has 3 N–H and O–H groups in total. The van der Waals surface area contributed by atoms with E-state index in [1.165, 1.54) is 37.4 Å². The highest BCUT2D eigenvalue weighted by molar-refractivity contribution is 14.0. The minimum absolute atomic E-state index is 0. The van der Waals surface area contributed by atoms with E-state index >= 15 is 0 Å². The molecule has 0 aromatic heterocycles. The van der Waals surface area contributed by atoms with Gasteiger partial charge in [0, 0.05) is 25.2 Å². The summed E-state index contributed by atoms with van der Waals surface area (Å²) in [6.45, 7) is 0.0532. The van der Waals surface area contributed by atoms with Gasteiger partial charge in [-0.3, -0.25) is 4.79 Å². The fraction of sp³-hybridized carbons (Fsp3) is 0.333. The number of rotatable bonds is 10. The lowest BCUT2D eigenvalue weighted by Crippen LogP contribution is -2.41. The minimum atomic E-state index is -2.96. The van der Waals surface area contributed by atoms with E-state index in [9.17, 15) is 18.0 Å². The summed E-state index contributed by atoms with van der Waals surface area (Å²) in [7, 11) is 1.47. The van der Waals surface area contributed by atoms with Crippen LogP contribution >= 0.6 is 24.0 Å². The molecule has 1 amide bonds. The van der Waals surface area contributed by atoms with Crippen molar-refractivity contribution in [2.24, 2.45) is 4.99 Å². The Balaban J connectivity index is 0.00000512. The highest BCUT2D eigenvalue weighted by atomic mass is 127. The third kappa shape index (κ3) is 8.81. The molecule has 0 unspecified atom stereocenters. The first kappa shape index (κ1) is 27.3. The SMILES string of the molecule is CCNC(=NCc1cc(OC)ccc1OC(F)F)NCCNC(=O)c1ccccc1F.I. The molecule has 0 aliphatic carbocycles. The number of nitrogens with zero attached hydrogens (tertiary/aromatic N) is 1. The Morgan fingerprint density at radius 2 is 1.81 bits per heavy atom. The third-order valence-electron chi connectivity index (χ3n) is 4.06. The Kier molecular flexibility index (Phi) is 12.3. The van der Waals surface area contributed by atoms with Gasteiger partial charge in [0.2, 0.25) is 0 Å². The zero-order chi connectivity index (χ0) is 22.6. The summed E-state index contributed by atoms with van der Waals surface area (Å²) in [6.07, 6.45) is 0. The predicted molar refractivity (Wildman–Crippen MR) is 127 cm³/mol. The van der Waals surface area contributed by atoms with E-state index in [2.05, 4.69) is 25.7 Å². The summed E-state index contributed by atoms with van der Waals surface area (Å²) in [5.74, 6) is -0.211. The quantitative estimate of drug-likeness (QED) is 0.178. The van der Waals surface area contributed by atoms with Crippen molar-refractivity contribution in [1.29, 1.82) is 0 Å². The molecule has 0 heterocycles. The molecule has 0 radical (unpaired) electrons. The minimum Gasteiger partial charge on any atom is -0.497 e. The van der Waals surface area contributed by atoms with E-state index in [-0.39, 0.29) is 48.4 Å². The average molecular weight is 566 g/mol. The van der Waals surface area contributed by atoms with Crippen molar-refractivity contribution in [3.63, 3.8) is 0 Å². The van der Waals surface area contributed by atoms with E-state index < -0.39 is 18.3 Å². The van der Waals surface area contributed by atoms with Crippen molar-refractivity contribution < 1.29 is 27.4 Å². The van der Waals surface area contributed by atoms with E-state index in [0.717, 1.165) is 0 Å². The zero-order valence-corrected chi connectivity index (χ0v) is 20.0. The number of carbonyl (C=O) groups is 1. The van der Waals surface area contributed by atoms with Crippen LogP contribution in [0.25, 0.3) is 0 Å². The lowest BCUT2D eigenvalue weighted by Gasteiger charge is -2.14.